The van der Waals surface area contributed by atoms with Gasteiger partial charge in [-0.1, -0.05) is 42.5 Å². The number of carboxylic acids is 1. The second-order valence-electron chi connectivity index (χ2n) is 6.38. The molecule has 2 aromatic carbocycles. The summed E-state index contributed by atoms with van der Waals surface area (Å²) in [5, 5.41) is 25.9. The predicted octanol–water partition coefficient (Wildman–Crippen LogP) is 2.78. The van der Waals surface area contributed by atoms with Gasteiger partial charge in [0, 0.05) is 29.3 Å². The largest absolute Gasteiger partial charge is 0.545 e. The molecule has 0 radical (unpaired) electrons. The molecule has 0 aromatic heterocycles. The maximum Gasteiger partial charge on any atom is 0.269 e. The number of non-ortho nitro benzene ring substituents is 1. The quantitative estimate of drug-likeness (QED) is 0.529. The zero-order chi connectivity index (χ0) is 17.6. The summed E-state index contributed by atoms with van der Waals surface area (Å²) in [6, 6.07) is 11.5. The van der Waals surface area contributed by atoms with Crippen molar-refractivity contribution in [3.05, 3.63) is 81.4 Å². The van der Waals surface area contributed by atoms with E-state index < -0.39 is 10.9 Å². The van der Waals surface area contributed by atoms with E-state index >= 15 is 0 Å². The van der Waals surface area contributed by atoms with Crippen molar-refractivity contribution in [1.82, 2.24) is 0 Å². The highest BCUT2D eigenvalue weighted by Crippen LogP contribution is 2.50. The van der Waals surface area contributed by atoms with Crippen molar-refractivity contribution in [1.29, 1.82) is 0 Å². The molecule has 0 saturated carbocycles. The Morgan fingerprint density at radius 3 is 2.76 bits per heavy atom. The molecule has 6 nitrogen and oxygen atoms in total. The van der Waals surface area contributed by atoms with Gasteiger partial charge in [0.2, 0.25) is 0 Å². The Hall–Kier alpha value is -3.15. The number of nitro benzene ring substituents is 1. The highest BCUT2D eigenvalue weighted by Gasteiger charge is 2.39. The fraction of sp³-hybridized carbons (Fsp3) is 0.211. The Balaban J connectivity index is 1.83. The van der Waals surface area contributed by atoms with Gasteiger partial charge in [-0.3, -0.25) is 10.1 Å². The fourth-order valence-electron chi connectivity index (χ4n) is 3.95. The average Bonchev–Trinajstić information content (AvgIpc) is 3.10. The molecule has 1 aliphatic carbocycles. The first kappa shape index (κ1) is 15.4. The van der Waals surface area contributed by atoms with Crippen LogP contribution in [0.5, 0.6) is 0 Å². The van der Waals surface area contributed by atoms with Gasteiger partial charge in [0.15, 0.2) is 0 Å². The highest BCUT2D eigenvalue weighted by molar-refractivity contribution is 5.94. The number of hydrogen-bond donors (Lipinski definition) is 1. The number of nitrogens with zero attached hydrogens (tertiary/aromatic N) is 1. The molecule has 0 spiro atoms. The van der Waals surface area contributed by atoms with E-state index in [1.807, 2.05) is 12.1 Å². The van der Waals surface area contributed by atoms with Crippen molar-refractivity contribution in [2.24, 2.45) is 5.92 Å². The Labute approximate surface area is 144 Å². The number of carbonyl (C=O) groups is 1. The summed E-state index contributed by atoms with van der Waals surface area (Å²) in [4.78, 5) is 22.2. The molecule has 6 heteroatoms. The third-order valence-electron chi connectivity index (χ3n) is 5.06. The number of benzene rings is 2. The van der Waals surface area contributed by atoms with Crippen LogP contribution in [0.4, 0.5) is 11.4 Å². The van der Waals surface area contributed by atoms with Gasteiger partial charge in [-0.15, -0.1) is 0 Å². The fourth-order valence-corrected chi connectivity index (χ4v) is 3.95. The molecule has 126 valence electrons. The van der Waals surface area contributed by atoms with Crippen LogP contribution in [0.2, 0.25) is 0 Å². The summed E-state index contributed by atoms with van der Waals surface area (Å²) in [7, 11) is 0. The molecule has 0 amide bonds. The van der Waals surface area contributed by atoms with E-state index in [1.165, 1.54) is 12.1 Å². The van der Waals surface area contributed by atoms with Gasteiger partial charge in [0.05, 0.1) is 16.9 Å². The number of nitro groups is 1. The summed E-state index contributed by atoms with van der Waals surface area (Å²) in [6.45, 7) is 0. The van der Waals surface area contributed by atoms with E-state index in [9.17, 15) is 20.0 Å². The van der Waals surface area contributed by atoms with E-state index in [0.29, 0.717) is 5.69 Å². The number of carboxylic acid groups (broad SMARTS) is 1. The van der Waals surface area contributed by atoms with Crippen LogP contribution in [0.15, 0.2) is 54.6 Å². The second-order valence-corrected chi connectivity index (χ2v) is 6.38. The zero-order valence-corrected chi connectivity index (χ0v) is 13.2. The molecular formula is C19H15N2O4-. The minimum atomic E-state index is -1.23. The first-order valence-electron chi connectivity index (χ1n) is 8.08. The van der Waals surface area contributed by atoms with Crippen LogP contribution in [-0.4, -0.2) is 10.9 Å². The summed E-state index contributed by atoms with van der Waals surface area (Å²) in [5.41, 5.74) is 2.41. The monoisotopic (exact) mass is 335 g/mol. The number of para-hydroxylation sites is 1. The van der Waals surface area contributed by atoms with Gasteiger partial charge >= 0.3 is 0 Å². The third kappa shape index (κ3) is 2.46. The van der Waals surface area contributed by atoms with Crippen LogP contribution in [-0.2, 0) is 0 Å². The molecule has 25 heavy (non-hydrogen) atoms. The van der Waals surface area contributed by atoms with Gasteiger partial charge in [-0.25, -0.2) is 0 Å². The van der Waals surface area contributed by atoms with Crippen molar-refractivity contribution in [2.75, 3.05) is 5.32 Å². The average molecular weight is 335 g/mol. The molecule has 0 saturated heterocycles. The first-order valence-corrected chi connectivity index (χ1v) is 8.08. The first-order chi connectivity index (χ1) is 12.1. The molecule has 0 unspecified atom stereocenters. The number of aromatic carboxylic acids is 1. The highest BCUT2D eigenvalue weighted by atomic mass is 16.6. The van der Waals surface area contributed by atoms with Gasteiger partial charge < -0.3 is 15.2 Å². The Bertz CT molecular complexity index is 906. The van der Waals surface area contributed by atoms with Crippen molar-refractivity contribution < 1.29 is 14.8 Å². The molecule has 3 atom stereocenters. The van der Waals surface area contributed by atoms with Crippen molar-refractivity contribution in [2.45, 2.75) is 18.4 Å². The van der Waals surface area contributed by atoms with Crippen LogP contribution >= 0.6 is 0 Å². The number of anilines is 1. The molecule has 2 aromatic rings. The maximum absolute atomic E-state index is 11.5. The Morgan fingerprint density at radius 2 is 2.00 bits per heavy atom. The summed E-state index contributed by atoms with van der Waals surface area (Å²) in [6.07, 6.45) is 5.01. The Kier molecular flexibility index (Phi) is 3.53. The number of carbonyl (C=O) groups excluding carboxylic acids is 1. The van der Waals surface area contributed by atoms with Gasteiger partial charge in [0.25, 0.3) is 5.69 Å². The summed E-state index contributed by atoms with van der Waals surface area (Å²) >= 11 is 0. The number of hydrogen-bond acceptors (Lipinski definition) is 5. The number of nitrogens with one attached hydrogen (secondary N) is 1. The van der Waals surface area contributed by atoms with E-state index in [2.05, 4.69) is 17.5 Å². The van der Waals surface area contributed by atoms with Gasteiger partial charge in [0.1, 0.15) is 0 Å². The summed E-state index contributed by atoms with van der Waals surface area (Å²) < 4.78 is 0. The molecule has 1 N–H and O–H groups in total. The topological polar surface area (TPSA) is 95.3 Å². The lowest BCUT2D eigenvalue weighted by Crippen LogP contribution is -2.32. The van der Waals surface area contributed by atoms with Crippen LogP contribution < -0.4 is 10.4 Å². The normalized spacial score (nSPS) is 23.4. The lowest BCUT2D eigenvalue weighted by molar-refractivity contribution is -0.384. The number of rotatable bonds is 3. The van der Waals surface area contributed by atoms with E-state index in [1.54, 1.807) is 18.2 Å². The zero-order valence-electron chi connectivity index (χ0n) is 13.2. The molecule has 1 aliphatic heterocycles. The van der Waals surface area contributed by atoms with E-state index in [4.69, 9.17) is 0 Å². The van der Waals surface area contributed by atoms with Crippen LogP contribution in [0, 0.1) is 16.0 Å². The van der Waals surface area contributed by atoms with E-state index in [0.717, 1.165) is 17.5 Å². The molecule has 0 bridgehead atoms. The SMILES string of the molecule is O=C([O-])c1cccc2c1N[C@H](c1cccc([N+](=O)[O-])c1)[C@H]1CC=C[C@H]21. The molecule has 2 aliphatic rings. The minimum Gasteiger partial charge on any atom is -0.545 e. The van der Waals surface area contributed by atoms with Crippen LogP contribution in [0.1, 0.15) is 39.9 Å². The Morgan fingerprint density at radius 1 is 1.20 bits per heavy atom. The number of allylic oxidation sites excluding steroid dienone is 2. The third-order valence-corrected chi connectivity index (χ3v) is 5.06. The molecule has 1 heterocycles. The predicted molar refractivity (Wildman–Crippen MR) is 90.2 cm³/mol. The molecular weight excluding hydrogens is 320 g/mol. The van der Waals surface area contributed by atoms with Gasteiger partial charge in [-0.05, 0) is 23.5 Å². The van der Waals surface area contributed by atoms with E-state index in [-0.39, 0.29) is 29.1 Å². The minimum absolute atomic E-state index is 0.0285. The van der Waals surface area contributed by atoms with Crippen molar-refractivity contribution in [3.8, 4) is 0 Å². The second kappa shape index (κ2) is 5.73. The van der Waals surface area contributed by atoms with Crippen molar-refractivity contribution >= 4 is 17.3 Å². The standard InChI is InChI=1S/C19H16N2O4/c22-19(23)16-9-3-8-15-13-6-2-7-14(13)17(20-18(15)16)11-4-1-5-12(10-11)21(24)25/h1-6,8-10,13-14,17,20H,7H2,(H,22,23)/p-1/t13-,14-,17+/m0/s1. The summed E-state index contributed by atoms with van der Waals surface area (Å²) in [5.74, 6) is -0.964. The lowest BCUT2D eigenvalue weighted by atomic mass is 9.76. The maximum atomic E-state index is 11.5. The molecule has 4 rings (SSSR count). The lowest BCUT2D eigenvalue weighted by Gasteiger charge is -2.38. The smallest absolute Gasteiger partial charge is 0.269 e. The van der Waals surface area contributed by atoms with Crippen LogP contribution in [0.25, 0.3) is 0 Å². The molecule has 0 fully saturated rings. The van der Waals surface area contributed by atoms with Crippen LogP contribution in [0.3, 0.4) is 0 Å². The van der Waals surface area contributed by atoms with Crippen molar-refractivity contribution in [3.63, 3.8) is 0 Å². The number of fused-ring (bicyclic) bond motifs is 3. The van der Waals surface area contributed by atoms with Gasteiger partial charge in [-0.2, -0.15) is 0 Å².